The zero-order valence-electron chi connectivity index (χ0n) is 13.2. The predicted octanol–water partition coefficient (Wildman–Crippen LogP) is 4.53. The van der Waals surface area contributed by atoms with Crippen LogP contribution in [0.2, 0.25) is 5.02 Å². The molecule has 122 valence electrons. The van der Waals surface area contributed by atoms with Crippen LogP contribution < -0.4 is 5.32 Å². The molecule has 4 nitrogen and oxygen atoms in total. The zero-order valence-corrected chi connectivity index (χ0v) is 13.9. The van der Waals surface area contributed by atoms with Crippen LogP contribution >= 0.6 is 11.6 Å². The number of rotatable bonds is 3. The fraction of sp³-hybridized carbons (Fsp3) is 0.111. The standard InChI is InChI=1S/C18H15ClFN3O/c1-11-9-12(2)23(22-11)15-6-3-13(4-7-15)18(24)21-17-10-14(19)5-8-16(17)20/h3-10H,1-2H3,(H,21,24). The molecular formula is C18H15ClFN3O. The Kier molecular flexibility index (Phi) is 4.36. The Morgan fingerprint density at radius 2 is 1.83 bits per heavy atom. The van der Waals surface area contributed by atoms with Crippen LogP contribution in [0, 0.1) is 19.7 Å². The van der Waals surface area contributed by atoms with Gasteiger partial charge < -0.3 is 5.32 Å². The van der Waals surface area contributed by atoms with Gasteiger partial charge in [0.2, 0.25) is 0 Å². The van der Waals surface area contributed by atoms with Crippen molar-refractivity contribution < 1.29 is 9.18 Å². The third-order valence-electron chi connectivity index (χ3n) is 3.56. The van der Waals surface area contributed by atoms with Crippen LogP contribution in [-0.2, 0) is 0 Å². The average Bonchev–Trinajstić information content (AvgIpc) is 2.89. The number of hydrogen-bond donors (Lipinski definition) is 1. The van der Waals surface area contributed by atoms with E-state index in [0.29, 0.717) is 10.6 Å². The second-order valence-corrected chi connectivity index (χ2v) is 5.90. The van der Waals surface area contributed by atoms with Gasteiger partial charge in [-0.2, -0.15) is 5.10 Å². The van der Waals surface area contributed by atoms with Gasteiger partial charge in [0.05, 0.1) is 17.1 Å². The molecule has 0 aliphatic heterocycles. The number of nitrogens with zero attached hydrogens (tertiary/aromatic N) is 2. The van der Waals surface area contributed by atoms with Crippen LogP contribution in [-0.4, -0.2) is 15.7 Å². The van der Waals surface area contributed by atoms with E-state index in [0.717, 1.165) is 17.1 Å². The minimum atomic E-state index is -0.535. The number of carbonyl (C=O) groups is 1. The van der Waals surface area contributed by atoms with Gasteiger partial charge in [-0.3, -0.25) is 4.79 Å². The van der Waals surface area contributed by atoms with E-state index in [1.807, 2.05) is 19.9 Å². The molecule has 0 saturated heterocycles. The number of benzene rings is 2. The highest BCUT2D eigenvalue weighted by Gasteiger charge is 2.11. The molecule has 0 unspecified atom stereocenters. The van der Waals surface area contributed by atoms with Crippen LogP contribution in [0.5, 0.6) is 0 Å². The highest BCUT2D eigenvalue weighted by Crippen LogP contribution is 2.20. The maximum atomic E-state index is 13.7. The van der Waals surface area contributed by atoms with Crippen molar-refractivity contribution in [2.24, 2.45) is 0 Å². The number of aryl methyl sites for hydroxylation is 2. The summed E-state index contributed by atoms with van der Waals surface area (Å²) in [6, 6.07) is 12.9. The van der Waals surface area contributed by atoms with E-state index >= 15 is 0 Å². The Hall–Kier alpha value is -2.66. The van der Waals surface area contributed by atoms with E-state index in [4.69, 9.17) is 11.6 Å². The molecule has 24 heavy (non-hydrogen) atoms. The van der Waals surface area contributed by atoms with Gasteiger partial charge in [-0.05, 0) is 62.4 Å². The van der Waals surface area contributed by atoms with Crippen LogP contribution in [0.1, 0.15) is 21.7 Å². The number of halogens is 2. The van der Waals surface area contributed by atoms with E-state index in [2.05, 4.69) is 10.4 Å². The molecule has 3 aromatic rings. The lowest BCUT2D eigenvalue weighted by Gasteiger charge is -2.08. The van der Waals surface area contributed by atoms with Crippen molar-refractivity contribution in [1.29, 1.82) is 0 Å². The molecule has 0 aliphatic carbocycles. The Morgan fingerprint density at radius 3 is 2.46 bits per heavy atom. The first-order valence-electron chi connectivity index (χ1n) is 7.34. The van der Waals surface area contributed by atoms with Crippen molar-refractivity contribution in [1.82, 2.24) is 9.78 Å². The molecule has 0 aliphatic rings. The fourth-order valence-electron chi connectivity index (χ4n) is 2.43. The zero-order chi connectivity index (χ0) is 17.3. The van der Waals surface area contributed by atoms with E-state index in [1.54, 1.807) is 28.9 Å². The predicted molar refractivity (Wildman–Crippen MR) is 92.4 cm³/mol. The summed E-state index contributed by atoms with van der Waals surface area (Å²) in [5.74, 6) is -0.942. The van der Waals surface area contributed by atoms with Crippen LogP contribution in [0.3, 0.4) is 0 Å². The van der Waals surface area contributed by atoms with Crippen molar-refractivity contribution in [3.8, 4) is 5.69 Å². The van der Waals surface area contributed by atoms with Gasteiger partial charge >= 0.3 is 0 Å². The lowest BCUT2D eigenvalue weighted by atomic mass is 10.2. The third kappa shape index (κ3) is 3.31. The highest BCUT2D eigenvalue weighted by atomic mass is 35.5. The molecule has 0 fully saturated rings. The molecule has 2 aromatic carbocycles. The summed E-state index contributed by atoms with van der Waals surface area (Å²) in [4.78, 5) is 12.3. The summed E-state index contributed by atoms with van der Waals surface area (Å²) in [5, 5.41) is 7.27. The van der Waals surface area contributed by atoms with Crippen LogP contribution in [0.25, 0.3) is 5.69 Å². The van der Waals surface area contributed by atoms with Crippen molar-refractivity contribution in [3.63, 3.8) is 0 Å². The molecule has 1 N–H and O–H groups in total. The van der Waals surface area contributed by atoms with Gasteiger partial charge in [0.25, 0.3) is 5.91 Å². The topological polar surface area (TPSA) is 46.9 Å². The summed E-state index contributed by atoms with van der Waals surface area (Å²) in [6.45, 7) is 3.88. The number of hydrogen-bond acceptors (Lipinski definition) is 2. The first-order valence-corrected chi connectivity index (χ1v) is 7.72. The second-order valence-electron chi connectivity index (χ2n) is 5.46. The SMILES string of the molecule is Cc1cc(C)n(-c2ccc(C(=O)Nc3cc(Cl)ccc3F)cc2)n1. The maximum absolute atomic E-state index is 13.7. The smallest absolute Gasteiger partial charge is 0.255 e. The minimum absolute atomic E-state index is 0.0510. The van der Waals surface area contributed by atoms with Gasteiger partial charge in [0.15, 0.2) is 0 Å². The first-order chi connectivity index (χ1) is 11.4. The number of anilines is 1. The van der Waals surface area contributed by atoms with E-state index in [-0.39, 0.29) is 5.69 Å². The van der Waals surface area contributed by atoms with Gasteiger partial charge in [0, 0.05) is 16.3 Å². The Bertz CT molecular complexity index is 903. The van der Waals surface area contributed by atoms with Gasteiger partial charge in [0.1, 0.15) is 5.82 Å². The highest BCUT2D eigenvalue weighted by molar-refractivity contribution is 6.31. The van der Waals surface area contributed by atoms with Crippen molar-refractivity contribution in [2.75, 3.05) is 5.32 Å². The normalized spacial score (nSPS) is 10.7. The van der Waals surface area contributed by atoms with Crippen molar-refractivity contribution >= 4 is 23.2 Å². The van der Waals surface area contributed by atoms with Crippen LogP contribution in [0.4, 0.5) is 10.1 Å². The number of amides is 1. The van der Waals surface area contributed by atoms with E-state index in [1.165, 1.54) is 18.2 Å². The Morgan fingerprint density at radius 1 is 1.12 bits per heavy atom. The maximum Gasteiger partial charge on any atom is 0.255 e. The lowest BCUT2D eigenvalue weighted by molar-refractivity contribution is 0.102. The Labute approximate surface area is 143 Å². The molecule has 0 atom stereocenters. The lowest BCUT2D eigenvalue weighted by Crippen LogP contribution is -2.13. The molecule has 6 heteroatoms. The first kappa shape index (κ1) is 16.2. The molecule has 0 bridgehead atoms. The number of carbonyl (C=O) groups excluding carboxylic acids is 1. The van der Waals surface area contributed by atoms with Gasteiger partial charge in [-0.1, -0.05) is 11.6 Å². The summed E-state index contributed by atoms with van der Waals surface area (Å²) >= 11 is 5.82. The van der Waals surface area contributed by atoms with Crippen LogP contribution in [0.15, 0.2) is 48.5 Å². The summed E-state index contributed by atoms with van der Waals surface area (Å²) < 4.78 is 15.5. The quantitative estimate of drug-likeness (QED) is 0.759. The molecular weight excluding hydrogens is 329 g/mol. The number of aromatic nitrogens is 2. The van der Waals surface area contributed by atoms with Crippen molar-refractivity contribution in [3.05, 3.63) is 76.3 Å². The molecule has 1 heterocycles. The Balaban J connectivity index is 1.81. The minimum Gasteiger partial charge on any atom is -0.319 e. The molecule has 3 rings (SSSR count). The molecule has 1 amide bonds. The van der Waals surface area contributed by atoms with Gasteiger partial charge in [-0.25, -0.2) is 9.07 Å². The van der Waals surface area contributed by atoms with E-state index in [9.17, 15) is 9.18 Å². The molecule has 0 spiro atoms. The fourth-order valence-corrected chi connectivity index (χ4v) is 2.60. The molecule has 1 aromatic heterocycles. The van der Waals surface area contributed by atoms with Gasteiger partial charge in [-0.15, -0.1) is 0 Å². The summed E-state index contributed by atoms with van der Waals surface area (Å²) in [7, 11) is 0. The third-order valence-corrected chi connectivity index (χ3v) is 3.80. The summed E-state index contributed by atoms with van der Waals surface area (Å²) in [6.07, 6.45) is 0. The largest absolute Gasteiger partial charge is 0.319 e. The van der Waals surface area contributed by atoms with Crippen molar-refractivity contribution in [2.45, 2.75) is 13.8 Å². The molecule has 0 radical (unpaired) electrons. The molecule has 0 saturated carbocycles. The second kappa shape index (κ2) is 6.45. The average molecular weight is 344 g/mol. The van der Waals surface area contributed by atoms with E-state index < -0.39 is 11.7 Å². The number of nitrogens with one attached hydrogen (secondary N) is 1. The summed E-state index contributed by atoms with van der Waals surface area (Å²) in [5.41, 5.74) is 3.25. The monoisotopic (exact) mass is 343 g/mol.